The molecule has 3 N–H and O–H groups in total. The molecule has 0 aliphatic carbocycles. The summed E-state index contributed by atoms with van der Waals surface area (Å²) in [6.07, 6.45) is -0.626. The molecule has 5 heteroatoms. The first kappa shape index (κ1) is 15.8. The zero-order valence-electron chi connectivity index (χ0n) is 12.5. The number of rotatable bonds is 6. The maximum absolute atomic E-state index is 10.6. The van der Waals surface area contributed by atoms with E-state index in [2.05, 4.69) is 0 Å². The van der Waals surface area contributed by atoms with Crippen molar-refractivity contribution >= 4 is 11.3 Å². The Morgan fingerprint density at radius 2 is 1.90 bits per heavy atom. The second-order valence-corrected chi connectivity index (χ2v) is 5.66. The third-order valence-corrected chi connectivity index (χ3v) is 4.56. The van der Waals surface area contributed by atoms with E-state index in [0.717, 1.165) is 16.7 Å². The molecule has 1 heterocycles. The van der Waals surface area contributed by atoms with E-state index in [1.54, 1.807) is 25.6 Å². The zero-order chi connectivity index (χ0) is 15.4. The van der Waals surface area contributed by atoms with Crippen molar-refractivity contribution in [2.75, 3.05) is 20.8 Å². The summed E-state index contributed by atoms with van der Waals surface area (Å²) in [6.45, 7) is 2.35. The Bertz CT molecular complexity index is 597. The number of aliphatic hydroxyl groups is 1. The van der Waals surface area contributed by atoms with Gasteiger partial charge in [-0.25, -0.2) is 0 Å². The van der Waals surface area contributed by atoms with Gasteiger partial charge in [-0.05, 0) is 46.5 Å². The Morgan fingerprint density at radius 1 is 1.19 bits per heavy atom. The molecule has 21 heavy (non-hydrogen) atoms. The molecule has 2 rings (SSSR count). The molecule has 0 radical (unpaired) electrons. The standard InChI is InChI=1S/C16H21NO3S/c1-10-8-21-9-13(10)16(18)12(7-17)11-4-5-14(19-2)15(6-11)20-3/h4-6,8-9,12,16,18H,7,17H2,1-3H3. The minimum atomic E-state index is -0.626. The van der Waals surface area contributed by atoms with Gasteiger partial charge in [-0.1, -0.05) is 6.07 Å². The van der Waals surface area contributed by atoms with Gasteiger partial charge in [0, 0.05) is 12.5 Å². The first-order valence-electron chi connectivity index (χ1n) is 6.75. The molecular weight excluding hydrogens is 286 g/mol. The summed E-state index contributed by atoms with van der Waals surface area (Å²) in [5.41, 5.74) is 8.86. The highest BCUT2D eigenvalue weighted by Gasteiger charge is 2.24. The first-order valence-corrected chi connectivity index (χ1v) is 7.69. The van der Waals surface area contributed by atoms with E-state index < -0.39 is 6.10 Å². The van der Waals surface area contributed by atoms with Crippen LogP contribution in [0.1, 0.15) is 28.7 Å². The Balaban J connectivity index is 2.35. The van der Waals surface area contributed by atoms with E-state index >= 15 is 0 Å². The Morgan fingerprint density at radius 3 is 2.43 bits per heavy atom. The molecule has 0 aliphatic heterocycles. The normalized spacial score (nSPS) is 13.8. The fourth-order valence-corrected chi connectivity index (χ4v) is 3.30. The van der Waals surface area contributed by atoms with E-state index in [1.807, 2.05) is 35.9 Å². The lowest BCUT2D eigenvalue weighted by Gasteiger charge is -2.23. The van der Waals surface area contributed by atoms with E-state index in [-0.39, 0.29) is 5.92 Å². The van der Waals surface area contributed by atoms with Gasteiger partial charge in [0.05, 0.1) is 20.3 Å². The summed E-state index contributed by atoms with van der Waals surface area (Å²) in [5, 5.41) is 14.7. The van der Waals surface area contributed by atoms with Crippen molar-refractivity contribution in [2.24, 2.45) is 5.73 Å². The number of methoxy groups -OCH3 is 2. The van der Waals surface area contributed by atoms with Gasteiger partial charge in [0.25, 0.3) is 0 Å². The third kappa shape index (κ3) is 3.20. The van der Waals surface area contributed by atoms with Crippen LogP contribution in [0.3, 0.4) is 0 Å². The molecule has 1 aromatic heterocycles. The van der Waals surface area contributed by atoms with Gasteiger partial charge in [0.1, 0.15) is 0 Å². The van der Waals surface area contributed by atoms with Crippen LogP contribution in [0.2, 0.25) is 0 Å². The van der Waals surface area contributed by atoms with Gasteiger partial charge >= 0.3 is 0 Å². The number of hydrogen-bond donors (Lipinski definition) is 2. The molecule has 4 nitrogen and oxygen atoms in total. The van der Waals surface area contributed by atoms with Crippen LogP contribution in [-0.4, -0.2) is 25.9 Å². The van der Waals surface area contributed by atoms with E-state index in [9.17, 15) is 5.11 Å². The highest BCUT2D eigenvalue weighted by Crippen LogP contribution is 2.37. The number of benzene rings is 1. The summed E-state index contributed by atoms with van der Waals surface area (Å²) in [4.78, 5) is 0. The Labute approximate surface area is 129 Å². The molecule has 2 unspecified atom stereocenters. The predicted octanol–water partition coefficient (Wildman–Crippen LogP) is 2.85. The number of thiophene rings is 1. The molecule has 0 bridgehead atoms. The predicted molar refractivity (Wildman–Crippen MR) is 85.4 cm³/mol. The van der Waals surface area contributed by atoms with Gasteiger partial charge in [0.15, 0.2) is 11.5 Å². The zero-order valence-corrected chi connectivity index (χ0v) is 13.3. The topological polar surface area (TPSA) is 64.7 Å². The molecule has 0 aliphatic rings. The van der Waals surface area contributed by atoms with Crippen molar-refractivity contribution in [3.8, 4) is 11.5 Å². The van der Waals surface area contributed by atoms with Crippen LogP contribution in [0.15, 0.2) is 29.0 Å². The average Bonchev–Trinajstić information content (AvgIpc) is 2.93. The molecule has 114 valence electrons. The van der Waals surface area contributed by atoms with E-state index in [4.69, 9.17) is 15.2 Å². The van der Waals surface area contributed by atoms with Crippen molar-refractivity contribution in [2.45, 2.75) is 18.9 Å². The molecule has 0 saturated heterocycles. The minimum Gasteiger partial charge on any atom is -0.493 e. The van der Waals surface area contributed by atoms with Crippen molar-refractivity contribution in [3.63, 3.8) is 0 Å². The number of aryl methyl sites for hydroxylation is 1. The lowest BCUT2D eigenvalue weighted by Crippen LogP contribution is -2.20. The van der Waals surface area contributed by atoms with Crippen molar-refractivity contribution in [1.29, 1.82) is 0 Å². The van der Waals surface area contributed by atoms with Crippen LogP contribution >= 0.6 is 11.3 Å². The second-order valence-electron chi connectivity index (χ2n) is 4.91. The maximum Gasteiger partial charge on any atom is 0.160 e. The number of ether oxygens (including phenoxy) is 2. The van der Waals surface area contributed by atoms with Crippen LogP contribution < -0.4 is 15.2 Å². The van der Waals surface area contributed by atoms with Crippen molar-refractivity contribution in [1.82, 2.24) is 0 Å². The van der Waals surface area contributed by atoms with Crippen LogP contribution in [0.4, 0.5) is 0 Å². The van der Waals surface area contributed by atoms with E-state index in [1.165, 1.54) is 0 Å². The monoisotopic (exact) mass is 307 g/mol. The van der Waals surface area contributed by atoms with Crippen LogP contribution in [-0.2, 0) is 0 Å². The maximum atomic E-state index is 10.6. The lowest BCUT2D eigenvalue weighted by atomic mass is 9.89. The molecule has 2 aromatic rings. The summed E-state index contributed by atoms with van der Waals surface area (Å²) < 4.78 is 10.6. The summed E-state index contributed by atoms with van der Waals surface area (Å²) in [6, 6.07) is 5.63. The second kappa shape index (κ2) is 6.93. The summed E-state index contributed by atoms with van der Waals surface area (Å²) >= 11 is 1.59. The third-order valence-electron chi connectivity index (χ3n) is 3.68. The van der Waals surface area contributed by atoms with Gasteiger partial charge in [-0.3, -0.25) is 0 Å². The van der Waals surface area contributed by atoms with Gasteiger partial charge in [0.2, 0.25) is 0 Å². The Hall–Kier alpha value is -1.56. The molecular formula is C16H21NO3S. The molecule has 1 aromatic carbocycles. The fraction of sp³-hybridized carbons (Fsp3) is 0.375. The number of nitrogens with two attached hydrogens (primary N) is 1. The summed E-state index contributed by atoms with van der Waals surface area (Å²) in [7, 11) is 3.19. The lowest BCUT2D eigenvalue weighted by molar-refractivity contribution is 0.147. The Kier molecular flexibility index (Phi) is 5.22. The van der Waals surface area contributed by atoms with Crippen molar-refractivity contribution < 1.29 is 14.6 Å². The average molecular weight is 307 g/mol. The smallest absolute Gasteiger partial charge is 0.160 e. The first-order chi connectivity index (χ1) is 10.1. The molecule has 0 spiro atoms. The molecule has 0 saturated carbocycles. The quantitative estimate of drug-likeness (QED) is 0.861. The molecule has 0 amide bonds. The highest BCUT2D eigenvalue weighted by molar-refractivity contribution is 7.08. The van der Waals surface area contributed by atoms with E-state index in [0.29, 0.717) is 18.0 Å². The largest absolute Gasteiger partial charge is 0.493 e. The van der Waals surface area contributed by atoms with Crippen LogP contribution in [0, 0.1) is 6.92 Å². The van der Waals surface area contributed by atoms with Gasteiger partial charge in [-0.2, -0.15) is 11.3 Å². The SMILES string of the molecule is COc1ccc(C(CN)C(O)c2cscc2C)cc1OC. The molecule has 0 fully saturated rings. The fourth-order valence-electron chi connectivity index (χ4n) is 2.42. The number of hydrogen-bond acceptors (Lipinski definition) is 5. The minimum absolute atomic E-state index is 0.182. The van der Waals surface area contributed by atoms with Crippen LogP contribution in [0.5, 0.6) is 11.5 Å². The highest BCUT2D eigenvalue weighted by atomic mass is 32.1. The van der Waals surface area contributed by atoms with Gasteiger partial charge in [-0.15, -0.1) is 0 Å². The summed E-state index contributed by atoms with van der Waals surface area (Å²) in [5.74, 6) is 1.12. The number of aliphatic hydroxyl groups excluding tert-OH is 1. The molecule has 2 atom stereocenters. The van der Waals surface area contributed by atoms with Crippen LogP contribution in [0.25, 0.3) is 0 Å². The van der Waals surface area contributed by atoms with Crippen molar-refractivity contribution in [3.05, 3.63) is 45.6 Å². The van der Waals surface area contributed by atoms with Gasteiger partial charge < -0.3 is 20.3 Å².